The number of pyridine rings is 1. The predicted molar refractivity (Wildman–Crippen MR) is 143 cm³/mol. The first kappa shape index (κ1) is 25.3. The number of piperidine rings is 1. The Bertz CT molecular complexity index is 1420. The number of hydrogen-bond donors (Lipinski definition) is 1. The van der Waals surface area contributed by atoms with Gasteiger partial charge in [-0.1, -0.05) is 0 Å². The van der Waals surface area contributed by atoms with E-state index in [2.05, 4.69) is 25.1 Å². The summed E-state index contributed by atoms with van der Waals surface area (Å²) in [6.07, 6.45) is 10.8. The van der Waals surface area contributed by atoms with E-state index in [0.717, 1.165) is 72.6 Å². The predicted octanol–water partition coefficient (Wildman–Crippen LogP) is 4.92. The van der Waals surface area contributed by atoms with E-state index in [0.29, 0.717) is 18.9 Å². The van der Waals surface area contributed by atoms with Crippen molar-refractivity contribution in [2.45, 2.75) is 49.8 Å². The number of rotatable bonds is 7. The van der Waals surface area contributed by atoms with Crippen LogP contribution in [0.25, 0.3) is 21.8 Å². The molecular formula is C28H31FN5O3S-. The van der Waals surface area contributed by atoms with Gasteiger partial charge < -0.3 is 9.29 Å². The van der Waals surface area contributed by atoms with Crippen molar-refractivity contribution in [3.05, 3.63) is 60.4 Å². The van der Waals surface area contributed by atoms with Gasteiger partial charge in [0.1, 0.15) is 11.6 Å². The fourth-order valence-corrected chi connectivity index (χ4v) is 7.40. The third kappa shape index (κ3) is 5.17. The average molecular weight is 537 g/mol. The first-order valence-electron chi connectivity index (χ1n) is 13.3. The topological polar surface area (TPSA) is 107 Å². The van der Waals surface area contributed by atoms with E-state index in [1.54, 1.807) is 24.5 Å². The van der Waals surface area contributed by atoms with Crippen molar-refractivity contribution in [2.24, 2.45) is 11.8 Å². The number of nitrogens with zero attached hydrogens (tertiary/aromatic N) is 4. The molecule has 8 nitrogen and oxygen atoms in total. The molecule has 3 unspecified atom stereocenters. The van der Waals surface area contributed by atoms with Crippen molar-refractivity contribution in [1.29, 1.82) is 0 Å². The highest BCUT2D eigenvalue weighted by molar-refractivity contribution is 7.79. The van der Waals surface area contributed by atoms with Gasteiger partial charge in [-0.3, -0.25) is 14.2 Å². The van der Waals surface area contributed by atoms with E-state index in [1.165, 1.54) is 12.1 Å². The molecule has 1 aliphatic heterocycles. The Kier molecular flexibility index (Phi) is 7.36. The minimum Gasteiger partial charge on any atom is -0.771 e. The van der Waals surface area contributed by atoms with Gasteiger partial charge in [0.05, 0.1) is 18.2 Å². The van der Waals surface area contributed by atoms with Gasteiger partial charge in [-0.25, -0.2) is 14.4 Å². The summed E-state index contributed by atoms with van der Waals surface area (Å²) < 4.78 is 44.1. The molecule has 4 heterocycles. The summed E-state index contributed by atoms with van der Waals surface area (Å²) >= 11 is -2.19. The van der Waals surface area contributed by atoms with E-state index in [-0.39, 0.29) is 23.6 Å². The second-order valence-electron chi connectivity index (χ2n) is 10.6. The minimum absolute atomic E-state index is 0.0894. The number of likely N-dealkylation sites (tertiary alicyclic amines) is 1. The zero-order chi connectivity index (χ0) is 26.1. The molecule has 1 aromatic carbocycles. The number of nitrogens with one attached hydrogen (secondary N) is 1. The third-order valence-corrected chi connectivity index (χ3v) is 9.29. The van der Waals surface area contributed by atoms with Gasteiger partial charge >= 0.3 is 0 Å². The van der Waals surface area contributed by atoms with E-state index in [1.807, 2.05) is 12.3 Å². The Morgan fingerprint density at radius 3 is 2.71 bits per heavy atom. The summed E-state index contributed by atoms with van der Waals surface area (Å²) in [6, 6.07) is 8.03. The molecule has 1 N–H and O–H groups in total. The molecule has 3 atom stereocenters. The molecule has 0 bridgehead atoms. The molecule has 4 aromatic rings. The molecular weight excluding hydrogens is 505 g/mol. The van der Waals surface area contributed by atoms with Crippen LogP contribution in [0.4, 0.5) is 4.39 Å². The SMILES string of the molecule is O=S([O-])C(C1CCC(c2[nH]ncc3cnc4nccc4c23)CC1)N1CCCC(COc2ccc(F)cc2)C1. The van der Waals surface area contributed by atoms with Crippen LogP contribution in [0.3, 0.4) is 0 Å². The van der Waals surface area contributed by atoms with Gasteiger partial charge in [0.15, 0.2) is 5.65 Å². The van der Waals surface area contributed by atoms with E-state index < -0.39 is 16.5 Å². The summed E-state index contributed by atoms with van der Waals surface area (Å²) in [5, 5.41) is 10.3. The van der Waals surface area contributed by atoms with Crippen LogP contribution in [0.15, 0.2) is 48.9 Å². The number of hydrogen-bond acceptors (Lipinski definition) is 7. The van der Waals surface area contributed by atoms with Crippen molar-refractivity contribution in [1.82, 2.24) is 25.1 Å². The lowest BCUT2D eigenvalue weighted by Gasteiger charge is -2.44. The lowest BCUT2D eigenvalue weighted by molar-refractivity contribution is 0.0874. The quantitative estimate of drug-likeness (QED) is 0.334. The summed E-state index contributed by atoms with van der Waals surface area (Å²) in [7, 11) is 0. The Balaban J connectivity index is 1.13. The van der Waals surface area contributed by atoms with Gasteiger partial charge in [0, 0.05) is 52.6 Å². The van der Waals surface area contributed by atoms with Crippen molar-refractivity contribution in [3.8, 4) is 5.75 Å². The molecule has 6 rings (SSSR count). The van der Waals surface area contributed by atoms with Crippen LogP contribution in [-0.2, 0) is 11.1 Å². The lowest BCUT2D eigenvalue weighted by atomic mass is 9.78. The zero-order valence-electron chi connectivity index (χ0n) is 21.1. The van der Waals surface area contributed by atoms with Gasteiger partial charge in [-0.15, -0.1) is 0 Å². The maximum atomic E-state index is 13.2. The van der Waals surface area contributed by atoms with Crippen molar-refractivity contribution >= 4 is 32.9 Å². The van der Waals surface area contributed by atoms with Gasteiger partial charge in [-0.2, -0.15) is 5.10 Å². The molecule has 200 valence electrons. The number of aromatic nitrogens is 4. The summed E-state index contributed by atoms with van der Waals surface area (Å²) in [5.41, 5.74) is 1.83. The van der Waals surface area contributed by atoms with Crippen molar-refractivity contribution < 1.29 is 17.9 Å². The molecule has 1 aliphatic carbocycles. The van der Waals surface area contributed by atoms with Crippen LogP contribution in [0.1, 0.15) is 50.1 Å². The maximum absolute atomic E-state index is 13.2. The number of halogens is 1. The highest BCUT2D eigenvalue weighted by Gasteiger charge is 2.35. The summed E-state index contributed by atoms with van der Waals surface area (Å²) in [4.78, 5) is 10.9. The highest BCUT2D eigenvalue weighted by Crippen LogP contribution is 2.41. The fraction of sp³-hybridized carbons (Fsp3) is 0.464. The van der Waals surface area contributed by atoms with E-state index in [9.17, 15) is 13.2 Å². The summed E-state index contributed by atoms with van der Waals surface area (Å²) in [6.45, 7) is 1.97. The second kappa shape index (κ2) is 11.0. The smallest absolute Gasteiger partial charge is 0.159 e. The van der Waals surface area contributed by atoms with Crippen LogP contribution < -0.4 is 4.74 Å². The van der Waals surface area contributed by atoms with Crippen LogP contribution in [-0.4, -0.2) is 58.9 Å². The van der Waals surface area contributed by atoms with Crippen molar-refractivity contribution in [3.63, 3.8) is 0 Å². The van der Waals surface area contributed by atoms with Crippen LogP contribution >= 0.6 is 0 Å². The number of aromatic amines is 1. The maximum Gasteiger partial charge on any atom is 0.159 e. The Morgan fingerprint density at radius 1 is 1.11 bits per heavy atom. The molecule has 2 fully saturated rings. The molecule has 10 heteroatoms. The Labute approximate surface area is 223 Å². The Morgan fingerprint density at radius 2 is 1.92 bits per heavy atom. The first-order valence-corrected chi connectivity index (χ1v) is 14.5. The monoisotopic (exact) mass is 536 g/mol. The number of ether oxygens (including phenoxy) is 1. The third-order valence-electron chi connectivity index (χ3n) is 8.21. The highest BCUT2D eigenvalue weighted by atomic mass is 32.2. The zero-order valence-corrected chi connectivity index (χ0v) is 21.9. The molecule has 1 saturated carbocycles. The molecule has 38 heavy (non-hydrogen) atoms. The van der Waals surface area contributed by atoms with Gasteiger partial charge in [0.2, 0.25) is 0 Å². The normalized spacial score (nSPS) is 24.4. The molecule has 3 aromatic heterocycles. The standard InChI is InChI=1S/C28H32FN5O3S/c29-22-7-9-23(10-8-22)37-17-18-2-1-13-34(16-18)28(38(35)36)20-5-3-19(4-6-20)26-25-21(15-32-33-26)14-31-27-24(25)11-12-30-27/h7-12,14-15,18-20,28,33H,1-6,13,16-17H2,(H,35,36)/p-1. The van der Waals surface area contributed by atoms with Crippen LogP contribution in [0.2, 0.25) is 0 Å². The Hall–Kier alpha value is -2.95. The molecule has 0 radical (unpaired) electrons. The van der Waals surface area contributed by atoms with Gasteiger partial charge in [-0.05, 0) is 92.4 Å². The van der Waals surface area contributed by atoms with Crippen LogP contribution in [0.5, 0.6) is 5.75 Å². The molecule has 1 saturated heterocycles. The molecule has 0 amide bonds. The molecule has 2 aliphatic rings. The largest absolute Gasteiger partial charge is 0.771 e. The van der Waals surface area contributed by atoms with Crippen molar-refractivity contribution in [2.75, 3.05) is 19.7 Å². The van der Waals surface area contributed by atoms with Gasteiger partial charge in [0.25, 0.3) is 0 Å². The first-order chi connectivity index (χ1) is 18.6. The van der Waals surface area contributed by atoms with E-state index >= 15 is 0 Å². The number of benzene rings is 1. The average Bonchev–Trinajstić information content (AvgIpc) is 3.42. The number of H-pyrrole nitrogens is 1. The minimum atomic E-state index is -2.19. The number of fused-ring (bicyclic) bond motifs is 3. The lowest BCUT2D eigenvalue weighted by Crippen LogP contribution is -2.50. The molecule has 0 spiro atoms. The fourth-order valence-electron chi connectivity index (χ4n) is 6.38. The second-order valence-corrected chi connectivity index (χ2v) is 11.6. The van der Waals surface area contributed by atoms with Crippen LogP contribution in [0, 0.1) is 17.7 Å². The summed E-state index contributed by atoms with van der Waals surface area (Å²) in [5.74, 6) is 0.950. The van der Waals surface area contributed by atoms with E-state index in [4.69, 9.17) is 4.74 Å².